The van der Waals surface area contributed by atoms with Gasteiger partial charge in [0.25, 0.3) is 0 Å². The molecule has 298 valence electrons. The number of phenols is 1. The Hall–Kier alpha value is -3.71. The summed E-state index contributed by atoms with van der Waals surface area (Å²) in [6.45, 7) is 6.02. The molecule has 56 heavy (non-hydrogen) atoms. The van der Waals surface area contributed by atoms with E-state index < -0.39 is 21.4 Å². The van der Waals surface area contributed by atoms with E-state index in [0.717, 1.165) is 63.5 Å². The maximum atomic E-state index is 12.3. The third kappa shape index (κ3) is 6.48. The summed E-state index contributed by atoms with van der Waals surface area (Å²) >= 11 is 0. The molecule has 0 amide bonds. The highest BCUT2D eigenvalue weighted by atomic mass is 32.3. The van der Waals surface area contributed by atoms with Crippen molar-refractivity contribution < 1.29 is 31.8 Å². The molecular formula is C47H57NO7S. The number of carbonyl (C=O) groups excluding carboxylic acids is 2. The zero-order chi connectivity index (χ0) is 39.8. The average molecular weight is 780 g/mol. The Morgan fingerprint density at radius 1 is 0.857 bits per heavy atom. The van der Waals surface area contributed by atoms with Gasteiger partial charge in [0.05, 0.1) is 0 Å². The molecule has 0 saturated heterocycles. The summed E-state index contributed by atoms with van der Waals surface area (Å²) < 4.78 is 39.4. The van der Waals surface area contributed by atoms with Crippen LogP contribution in [0, 0.1) is 46.3 Å². The number of aryl methyl sites for hydroxylation is 1. The SMILES string of the molecule is CC#C[C@]1(OS(=O)(=O)O)CC[C@H]2[C@@H]3CCC4=CC(=O)CCC4=C3[C@@H](c3ccc(N(C)C)cc3)C[C@@]21C.C[C@]12CC[C@@H]3c4ccc(O)cc4CC[C@H]3[C@@H]1CCC2=O. The third-order valence-corrected chi connectivity index (χ3v) is 16.2. The lowest BCUT2D eigenvalue weighted by Gasteiger charge is -2.54. The molecule has 7 aliphatic rings. The van der Waals surface area contributed by atoms with Crippen LogP contribution in [0.1, 0.15) is 126 Å². The van der Waals surface area contributed by atoms with E-state index in [4.69, 9.17) is 4.18 Å². The highest BCUT2D eigenvalue weighted by molar-refractivity contribution is 7.80. The Kier molecular flexibility index (Phi) is 9.98. The van der Waals surface area contributed by atoms with Crippen LogP contribution in [0.4, 0.5) is 5.69 Å². The molecule has 0 heterocycles. The van der Waals surface area contributed by atoms with Gasteiger partial charge in [-0.05, 0) is 165 Å². The topological polar surface area (TPSA) is 121 Å². The number of fused-ring (bicyclic) bond motifs is 9. The number of anilines is 1. The molecule has 8 nitrogen and oxygen atoms in total. The molecular weight excluding hydrogens is 723 g/mol. The van der Waals surface area contributed by atoms with Crippen LogP contribution in [0.15, 0.2) is 65.3 Å². The van der Waals surface area contributed by atoms with E-state index in [-0.39, 0.29) is 29.0 Å². The van der Waals surface area contributed by atoms with Gasteiger partial charge in [-0.1, -0.05) is 43.5 Å². The molecule has 0 aromatic heterocycles. The van der Waals surface area contributed by atoms with Crippen LogP contribution >= 0.6 is 0 Å². The zero-order valence-corrected chi connectivity index (χ0v) is 34.4. The number of hydrogen-bond donors (Lipinski definition) is 2. The number of benzene rings is 2. The maximum Gasteiger partial charge on any atom is 0.398 e. The summed E-state index contributed by atoms with van der Waals surface area (Å²) in [5.41, 5.74) is 7.15. The van der Waals surface area contributed by atoms with Crippen molar-refractivity contribution in [1.29, 1.82) is 0 Å². The highest BCUT2D eigenvalue weighted by Gasteiger charge is 2.65. The fraction of sp³-hybridized carbons (Fsp3) is 0.574. The summed E-state index contributed by atoms with van der Waals surface area (Å²) in [5, 5.41) is 9.67. The standard InChI is InChI=1S/C29H35NO5S.C18H22O2/c1-5-15-29(35-36(32,33)34)16-14-26-24-12-8-20-17-22(31)11-13-23(20)27(24)25(18-28(26,29)2)19-6-9-21(10-7-19)30(3)4;1-18-9-8-14-13-5-3-12(19)10-11(13)2-4-15(14)16(18)6-7-17(18)20/h6-7,9-10,17,24-26H,8,11-14,16,18H2,1-4H3,(H,32,33,34);3,5,10,14-16,19H,2,4,6-9H2,1H3/t24-,25+,26-,28-,29-;14-,15-,16+,18+/m01/s1. The Bertz CT molecular complexity index is 2180. The zero-order valence-electron chi connectivity index (χ0n) is 33.6. The average Bonchev–Trinajstić information content (AvgIpc) is 3.61. The lowest BCUT2D eigenvalue weighted by Crippen LogP contribution is -2.53. The summed E-state index contributed by atoms with van der Waals surface area (Å²) in [4.78, 5) is 26.6. The van der Waals surface area contributed by atoms with Gasteiger partial charge in [-0.3, -0.25) is 14.1 Å². The van der Waals surface area contributed by atoms with Crippen molar-refractivity contribution in [2.24, 2.45) is 34.5 Å². The first-order valence-corrected chi connectivity index (χ1v) is 22.1. The minimum atomic E-state index is -4.70. The Morgan fingerprint density at radius 2 is 1.62 bits per heavy atom. The first-order chi connectivity index (χ1) is 26.6. The number of phenolic OH excluding ortho intramolecular Hbond substituents is 1. The van der Waals surface area contributed by atoms with Crippen LogP contribution in [0.25, 0.3) is 0 Å². The van der Waals surface area contributed by atoms with E-state index in [1.54, 1.807) is 6.92 Å². The van der Waals surface area contributed by atoms with Crippen molar-refractivity contribution in [3.8, 4) is 17.6 Å². The van der Waals surface area contributed by atoms with Gasteiger partial charge in [0.15, 0.2) is 11.4 Å². The van der Waals surface area contributed by atoms with Crippen molar-refractivity contribution in [3.63, 3.8) is 0 Å². The summed E-state index contributed by atoms with van der Waals surface area (Å²) in [5.74, 6) is 9.52. The minimum Gasteiger partial charge on any atom is -0.508 e. The Morgan fingerprint density at radius 3 is 2.34 bits per heavy atom. The van der Waals surface area contributed by atoms with Crippen molar-refractivity contribution in [3.05, 3.63) is 82.0 Å². The molecule has 9 atom stereocenters. The second-order valence-corrected chi connectivity index (χ2v) is 19.5. The number of carbonyl (C=O) groups is 2. The Labute approximate surface area is 333 Å². The first-order valence-electron chi connectivity index (χ1n) is 20.8. The molecule has 0 spiro atoms. The molecule has 2 aromatic rings. The third-order valence-electron chi connectivity index (χ3n) is 15.7. The van der Waals surface area contributed by atoms with Gasteiger partial charge >= 0.3 is 10.4 Å². The summed E-state index contributed by atoms with van der Waals surface area (Å²) in [7, 11) is -0.663. The molecule has 0 radical (unpaired) electrons. The first kappa shape index (κ1) is 39.1. The van der Waals surface area contributed by atoms with E-state index in [2.05, 4.69) is 60.9 Å². The second kappa shape index (κ2) is 14.3. The quantitative estimate of drug-likeness (QED) is 0.233. The van der Waals surface area contributed by atoms with Gasteiger partial charge in [-0.15, -0.1) is 5.92 Å². The number of Topliss-reactive ketones (excluding diaryl/α,β-unsaturated/α-hetero) is 1. The van der Waals surface area contributed by atoms with Crippen LogP contribution in [0.5, 0.6) is 5.75 Å². The normalized spacial score (nSPS) is 35.6. The van der Waals surface area contributed by atoms with Gasteiger partial charge < -0.3 is 10.0 Å². The molecule has 4 saturated carbocycles. The number of rotatable bonds is 4. The predicted octanol–water partition coefficient (Wildman–Crippen LogP) is 9.05. The number of aromatic hydroxyl groups is 1. The highest BCUT2D eigenvalue weighted by Crippen LogP contribution is 2.68. The molecule has 2 N–H and O–H groups in total. The fourth-order valence-electron chi connectivity index (χ4n) is 13.0. The van der Waals surface area contributed by atoms with E-state index in [9.17, 15) is 27.7 Å². The lowest BCUT2D eigenvalue weighted by atomic mass is 9.51. The minimum absolute atomic E-state index is 0.0322. The monoisotopic (exact) mass is 779 g/mol. The van der Waals surface area contributed by atoms with Gasteiger partial charge in [0, 0.05) is 49.4 Å². The molecule has 0 aliphatic heterocycles. The smallest absolute Gasteiger partial charge is 0.398 e. The molecule has 4 fully saturated rings. The largest absolute Gasteiger partial charge is 0.508 e. The van der Waals surface area contributed by atoms with E-state index in [0.29, 0.717) is 48.5 Å². The number of hydrogen-bond acceptors (Lipinski definition) is 7. The van der Waals surface area contributed by atoms with E-state index in [1.807, 2.05) is 32.3 Å². The second-order valence-electron chi connectivity index (χ2n) is 18.4. The van der Waals surface area contributed by atoms with Crippen molar-refractivity contribution in [2.45, 2.75) is 122 Å². The molecule has 2 aromatic carbocycles. The number of allylic oxidation sites excluding steroid dienone is 4. The van der Waals surface area contributed by atoms with Crippen LogP contribution in [-0.4, -0.2) is 49.3 Å². The maximum absolute atomic E-state index is 12.3. The van der Waals surface area contributed by atoms with Gasteiger partial charge in [-0.25, -0.2) is 4.18 Å². The molecule has 9 heteroatoms. The van der Waals surface area contributed by atoms with Crippen LogP contribution < -0.4 is 4.90 Å². The summed E-state index contributed by atoms with van der Waals surface area (Å²) in [6.07, 6.45) is 13.2. The van der Waals surface area contributed by atoms with Crippen molar-refractivity contribution in [2.75, 3.05) is 19.0 Å². The van der Waals surface area contributed by atoms with Crippen molar-refractivity contribution in [1.82, 2.24) is 0 Å². The van der Waals surface area contributed by atoms with Gasteiger partial charge in [0.2, 0.25) is 0 Å². The molecule has 7 aliphatic carbocycles. The predicted molar refractivity (Wildman–Crippen MR) is 218 cm³/mol. The van der Waals surface area contributed by atoms with Crippen molar-refractivity contribution >= 4 is 27.7 Å². The van der Waals surface area contributed by atoms with E-state index in [1.165, 1.54) is 39.8 Å². The number of nitrogens with zero attached hydrogens (tertiary/aromatic N) is 1. The van der Waals surface area contributed by atoms with Crippen LogP contribution in [-0.2, 0) is 30.6 Å². The Balaban J connectivity index is 0.000000185. The molecule has 0 unspecified atom stereocenters. The van der Waals surface area contributed by atoms with E-state index >= 15 is 0 Å². The lowest BCUT2D eigenvalue weighted by molar-refractivity contribution is -0.129. The van der Waals surface area contributed by atoms with Gasteiger partial charge in [0.1, 0.15) is 11.5 Å². The fourth-order valence-corrected chi connectivity index (χ4v) is 13.7. The number of ketones is 2. The molecule has 9 rings (SSSR count). The van der Waals surface area contributed by atoms with Crippen LogP contribution in [0.2, 0.25) is 0 Å². The summed E-state index contributed by atoms with van der Waals surface area (Å²) in [6, 6.07) is 14.5. The molecule has 0 bridgehead atoms. The van der Waals surface area contributed by atoms with Gasteiger partial charge in [-0.2, -0.15) is 8.42 Å². The van der Waals surface area contributed by atoms with Crippen LogP contribution in [0.3, 0.4) is 0 Å².